The van der Waals surface area contributed by atoms with Crippen LogP contribution in [-0.4, -0.2) is 31.8 Å². The Bertz CT molecular complexity index is 1480. The van der Waals surface area contributed by atoms with E-state index in [1.54, 1.807) is 48.8 Å². The average Bonchev–Trinajstić information content (AvgIpc) is 3.29. The molecule has 5 rings (SSSR count). The fraction of sp³-hybridized carbons (Fsp3) is 0.0385. The molecule has 8 nitrogen and oxygen atoms in total. The van der Waals surface area contributed by atoms with Gasteiger partial charge in [0, 0.05) is 29.1 Å². The molecule has 2 amide bonds. The molecule has 0 unspecified atom stereocenters. The van der Waals surface area contributed by atoms with Crippen LogP contribution in [-0.2, 0) is 0 Å². The van der Waals surface area contributed by atoms with Gasteiger partial charge in [-0.15, -0.1) is 0 Å². The first-order valence-electron chi connectivity index (χ1n) is 10.6. The Kier molecular flexibility index (Phi) is 5.53. The molecule has 0 atom stereocenters. The van der Waals surface area contributed by atoms with Crippen molar-refractivity contribution in [1.29, 1.82) is 0 Å². The molecule has 34 heavy (non-hydrogen) atoms. The van der Waals surface area contributed by atoms with E-state index in [0.717, 1.165) is 16.6 Å². The maximum Gasteiger partial charge on any atom is 0.275 e. The smallest absolute Gasteiger partial charge is 0.275 e. The lowest BCUT2D eigenvalue weighted by molar-refractivity contribution is 0.101. The Morgan fingerprint density at radius 1 is 0.853 bits per heavy atom. The van der Waals surface area contributed by atoms with Gasteiger partial charge in [-0.1, -0.05) is 23.8 Å². The number of carbonyl (C=O) groups excluding carboxylic acids is 2. The minimum atomic E-state index is -0.341. The van der Waals surface area contributed by atoms with Crippen molar-refractivity contribution in [2.24, 2.45) is 0 Å². The van der Waals surface area contributed by atoms with Crippen molar-refractivity contribution in [3.05, 3.63) is 102 Å². The molecule has 0 spiro atoms. The maximum absolute atomic E-state index is 12.4. The van der Waals surface area contributed by atoms with E-state index in [-0.39, 0.29) is 11.8 Å². The standard InChI is InChI=1S/C26H20N6O2/c1-16-5-7-18(8-6-16)25(33)29-19-11-9-17(10-12-19)24-30-21-14-23(28-15-22(21)31-24)32-26(34)20-4-2-3-13-27-20/h2-15H,1H3,(H,29,33)(H,30,31)(H,28,32,34). The third kappa shape index (κ3) is 4.51. The van der Waals surface area contributed by atoms with Crippen molar-refractivity contribution in [2.75, 3.05) is 10.6 Å². The van der Waals surface area contributed by atoms with Crippen molar-refractivity contribution < 1.29 is 9.59 Å². The van der Waals surface area contributed by atoms with E-state index in [9.17, 15) is 9.59 Å². The van der Waals surface area contributed by atoms with Gasteiger partial charge in [0.2, 0.25) is 0 Å². The number of fused-ring (bicyclic) bond motifs is 1. The SMILES string of the molecule is Cc1ccc(C(=O)Nc2ccc(-c3nc4cc(NC(=O)c5ccccn5)ncc4[nH]3)cc2)cc1. The molecule has 5 aromatic rings. The fourth-order valence-corrected chi connectivity index (χ4v) is 3.41. The Morgan fingerprint density at radius 2 is 1.65 bits per heavy atom. The van der Waals surface area contributed by atoms with Crippen LogP contribution in [0.25, 0.3) is 22.4 Å². The predicted octanol–water partition coefficient (Wildman–Crippen LogP) is 4.83. The topological polar surface area (TPSA) is 113 Å². The number of hydrogen-bond donors (Lipinski definition) is 3. The second-order valence-corrected chi connectivity index (χ2v) is 7.74. The maximum atomic E-state index is 12.4. The summed E-state index contributed by atoms with van der Waals surface area (Å²) < 4.78 is 0. The van der Waals surface area contributed by atoms with Gasteiger partial charge in [0.1, 0.15) is 17.3 Å². The summed E-state index contributed by atoms with van der Waals surface area (Å²) in [5, 5.41) is 5.63. The minimum absolute atomic E-state index is 0.164. The number of imidazole rings is 1. The number of aromatic nitrogens is 4. The zero-order chi connectivity index (χ0) is 23.5. The number of hydrogen-bond acceptors (Lipinski definition) is 5. The van der Waals surface area contributed by atoms with Gasteiger partial charge in [0.05, 0.1) is 17.2 Å². The molecule has 2 aromatic carbocycles. The zero-order valence-electron chi connectivity index (χ0n) is 18.2. The number of anilines is 2. The van der Waals surface area contributed by atoms with E-state index in [4.69, 9.17) is 0 Å². The summed E-state index contributed by atoms with van der Waals surface area (Å²) >= 11 is 0. The van der Waals surface area contributed by atoms with Crippen LogP contribution in [0.2, 0.25) is 0 Å². The van der Waals surface area contributed by atoms with Gasteiger partial charge in [0.15, 0.2) is 0 Å². The highest BCUT2D eigenvalue weighted by molar-refractivity contribution is 6.04. The summed E-state index contributed by atoms with van der Waals surface area (Å²) in [5.74, 6) is 0.533. The van der Waals surface area contributed by atoms with E-state index in [0.29, 0.717) is 34.1 Å². The molecule has 3 aromatic heterocycles. The van der Waals surface area contributed by atoms with Crippen molar-refractivity contribution in [2.45, 2.75) is 6.92 Å². The van der Waals surface area contributed by atoms with E-state index in [1.807, 2.05) is 43.3 Å². The van der Waals surface area contributed by atoms with E-state index < -0.39 is 0 Å². The zero-order valence-corrected chi connectivity index (χ0v) is 18.2. The van der Waals surface area contributed by atoms with Crippen LogP contribution in [0.4, 0.5) is 11.5 Å². The Hall–Kier alpha value is -4.85. The highest BCUT2D eigenvalue weighted by Gasteiger charge is 2.11. The summed E-state index contributed by atoms with van der Waals surface area (Å²) in [4.78, 5) is 40.9. The first-order valence-corrected chi connectivity index (χ1v) is 10.6. The van der Waals surface area contributed by atoms with Crippen LogP contribution in [0.1, 0.15) is 26.4 Å². The van der Waals surface area contributed by atoms with E-state index in [1.165, 1.54) is 0 Å². The number of H-pyrrole nitrogens is 1. The first kappa shape index (κ1) is 21.0. The lowest BCUT2D eigenvalue weighted by Crippen LogP contribution is -2.14. The average molecular weight is 448 g/mol. The molecule has 0 saturated carbocycles. The Labute approximate surface area is 195 Å². The lowest BCUT2D eigenvalue weighted by atomic mass is 10.1. The quantitative estimate of drug-likeness (QED) is 0.356. The number of pyridine rings is 2. The summed E-state index contributed by atoms with van der Waals surface area (Å²) in [6.07, 6.45) is 3.18. The Morgan fingerprint density at radius 3 is 2.38 bits per heavy atom. The molecule has 8 heteroatoms. The number of aryl methyl sites for hydroxylation is 1. The molecule has 0 aliphatic rings. The largest absolute Gasteiger partial charge is 0.337 e. The van der Waals surface area contributed by atoms with Crippen molar-refractivity contribution in [1.82, 2.24) is 19.9 Å². The van der Waals surface area contributed by atoms with Gasteiger partial charge >= 0.3 is 0 Å². The second-order valence-electron chi connectivity index (χ2n) is 7.74. The van der Waals surface area contributed by atoms with Crippen molar-refractivity contribution in [3.63, 3.8) is 0 Å². The van der Waals surface area contributed by atoms with Crippen LogP contribution in [0.5, 0.6) is 0 Å². The number of nitrogens with zero attached hydrogens (tertiary/aromatic N) is 3. The molecule has 0 aliphatic carbocycles. The normalized spacial score (nSPS) is 10.7. The number of amides is 2. The highest BCUT2D eigenvalue weighted by Crippen LogP contribution is 2.23. The third-order valence-corrected chi connectivity index (χ3v) is 5.24. The summed E-state index contributed by atoms with van der Waals surface area (Å²) in [5.41, 5.74) is 4.95. The molecule has 0 fully saturated rings. The van der Waals surface area contributed by atoms with Gasteiger partial charge < -0.3 is 15.6 Å². The molecule has 166 valence electrons. The number of aromatic amines is 1. The fourth-order valence-electron chi connectivity index (χ4n) is 3.41. The monoisotopic (exact) mass is 448 g/mol. The Balaban J connectivity index is 1.30. The van der Waals surface area contributed by atoms with Crippen LogP contribution in [0.15, 0.2) is 85.2 Å². The lowest BCUT2D eigenvalue weighted by Gasteiger charge is -2.06. The minimum Gasteiger partial charge on any atom is -0.337 e. The van der Waals surface area contributed by atoms with Gasteiger partial charge in [0.25, 0.3) is 11.8 Å². The van der Waals surface area contributed by atoms with Crippen LogP contribution < -0.4 is 10.6 Å². The molecule has 0 saturated heterocycles. The van der Waals surface area contributed by atoms with Gasteiger partial charge in [-0.2, -0.15) is 0 Å². The van der Waals surface area contributed by atoms with Gasteiger partial charge in [-0.3, -0.25) is 14.6 Å². The second kappa shape index (κ2) is 8.95. The van der Waals surface area contributed by atoms with Crippen LogP contribution in [0, 0.1) is 6.92 Å². The first-order chi connectivity index (χ1) is 16.5. The molecule has 0 radical (unpaired) electrons. The van der Waals surface area contributed by atoms with Crippen LogP contribution in [0.3, 0.4) is 0 Å². The van der Waals surface area contributed by atoms with Gasteiger partial charge in [-0.25, -0.2) is 9.97 Å². The number of benzene rings is 2. The van der Waals surface area contributed by atoms with Crippen molar-refractivity contribution >= 4 is 34.4 Å². The third-order valence-electron chi connectivity index (χ3n) is 5.24. The van der Waals surface area contributed by atoms with Gasteiger partial charge in [-0.05, 0) is 55.5 Å². The highest BCUT2D eigenvalue weighted by atomic mass is 16.2. The molecule has 3 heterocycles. The van der Waals surface area contributed by atoms with Crippen LogP contribution >= 0.6 is 0 Å². The number of carbonyl (C=O) groups is 2. The number of rotatable bonds is 5. The summed E-state index contributed by atoms with van der Waals surface area (Å²) in [6.45, 7) is 1.98. The summed E-state index contributed by atoms with van der Waals surface area (Å²) in [7, 11) is 0. The molecule has 0 bridgehead atoms. The molecule has 3 N–H and O–H groups in total. The predicted molar refractivity (Wildman–Crippen MR) is 131 cm³/mol. The number of nitrogens with one attached hydrogen (secondary N) is 3. The van der Waals surface area contributed by atoms with E-state index >= 15 is 0 Å². The molecule has 0 aliphatic heterocycles. The molecular weight excluding hydrogens is 428 g/mol. The van der Waals surface area contributed by atoms with Crippen molar-refractivity contribution in [3.8, 4) is 11.4 Å². The molecular formula is C26H20N6O2. The van der Waals surface area contributed by atoms with E-state index in [2.05, 4.69) is 30.6 Å². The summed E-state index contributed by atoms with van der Waals surface area (Å²) in [6, 6.07) is 21.6.